The van der Waals surface area contributed by atoms with E-state index >= 15 is 0 Å². The van der Waals surface area contributed by atoms with E-state index in [9.17, 15) is 9.18 Å². The van der Waals surface area contributed by atoms with Crippen LogP contribution in [-0.2, 0) is 4.74 Å². The van der Waals surface area contributed by atoms with Crippen molar-refractivity contribution in [3.63, 3.8) is 0 Å². The highest BCUT2D eigenvalue weighted by Crippen LogP contribution is 2.21. The van der Waals surface area contributed by atoms with Gasteiger partial charge < -0.3 is 4.74 Å². The Labute approximate surface area is 101 Å². The predicted molar refractivity (Wildman–Crippen MR) is 61.7 cm³/mol. The minimum atomic E-state index is -0.421. The first-order chi connectivity index (χ1) is 7.66. The summed E-state index contributed by atoms with van der Waals surface area (Å²) in [6.45, 7) is 0.642. The molecule has 0 atom stereocenters. The molecule has 0 unspecified atom stereocenters. The van der Waals surface area contributed by atoms with Gasteiger partial charge in [-0.1, -0.05) is 15.9 Å². The van der Waals surface area contributed by atoms with Gasteiger partial charge in [-0.3, -0.25) is 4.79 Å². The molecule has 0 aromatic heterocycles. The quantitative estimate of drug-likeness (QED) is 0.778. The molecule has 2 nitrogen and oxygen atoms in total. The number of benzene rings is 1. The van der Waals surface area contributed by atoms with Crippen LogP contribution in [0, 0.1) is 5.82 Å². The number of halogens is 2. The van der Waals surface area contributed by atoms with Gasteiger partial charge in [-0.25, -0.2) is 4.39 Å². The van der Waals surface area contributed by atoms with Crippen molar-refractivity contribution in [3.05, 3.63) is 45.9 Å². The monoisotopic (exact) mass is 284 g/mol. The van der Waals surface area contributed by atoms with Crippen molar-refractivity contribution in [2.45, 2.75) is 12.8 Å². The third-order valence-corrected chi connectivity index (χ3v) is 2.81. The molecule has 1 aliphatic heterocycles. The summed E-state index contributed by atoms with van der Waals surface area (Å²) >= 11 is 3.16. The van der Waals surface area contributed by atoms with Crippen LogP contribution in [0.15, 0.2) is 34.5 Å². The van der Waals surface area contributed by atoms with Crippen LogP contribution in [-0.4, -0.2) is 12.4 Å². The lowest BCUT2D eigenvalue weighted by Gasteiger charge is -2.12. The molecule has 1 aromatic carbocycles. The topological polar surface area (TPSA) is 26.3 Å². The van der Waals surface area contributed by atoms with Gasteiger partial charge in [-0.2, -0.15) is 0 Å². The summed E-state index contributed by atoms with van der Waals surface area (Å²) < 4.78 is 18.8. The van der Waals surface area contributed by atoms with E-state index in [4.69, 9.17) is 4.74 Å². The van der Waals surface area contributed by atoms with Crippen LogP contribution in [0.5, 0.6) is 0 Å². The fraction of sp³-hybridized carbons (Fsp3) is 0.250. The number of rotatable bonds is 2. The third kappa shape index (κ3) is 2.50. The molecule has 0 saturated carbocycles. The van der Waals surface area contributed by atoms with Gasteiger partial charge in [0, 0.05) is 15.6 Å². The van der Waals surface area contributed by atoms with E-state index < -0.39 is 5.82 Å². The largest absolute Gasteiger partial charge is 0.501 e. The molecule has 1 aliphatic rings. The molecule has 0 bridgehead atoms. The first-order valence-electron chi connectivity index (χ1n) is 4.98. The minimum Gasteiger partial charge on any atom is -0.501 e. The SMILES string of the molecule is O=C(C1=COCCC1)c1cc(F)cc(Br)c1. The molecule has 0 N–H and O–H groups in total. The van der Waals surface area contributed by atoms with E-state index in [0.29, 0.717) is 28.6 Å². The van der Waals surface area contributed by atoms with E-state index in [1.54, 1.807) is 6.07 Å². The molecule has 1 aromatic rings. The summed E-state index contributed by atoms with van der Waals surface area (Å²) in [7, 11) is 0. The average molecular weight is 285 g/mol. The van der Waals surface area contributed by atoms with Crippen molar-refractivity contribution in [1.29, 1.82) is 0 Å². The van der Waals surface area contributed by atoms with E-state index in [1.807, 2.05) is 0 Å². The van der Waals surface area contributed by atoms with Crippen LogP contribution in [0.3, 0.4) is 0 Å². The Morgan fingerprint density at radius 2 is 2.19 bits per heavy atom. The summed E-state index contributed by atoms with van der Waals surface area (Å²) in [4.78, 5) is 12.0. The van der Waals surface area contributed by atoms with E-state index in [-0.39, 0.29) is 5.78 Å². The summed E-state index contributed by atoms with van der Waals surface area (Å²) in [6, 6.07) is 4.17. The lowest BCUT2D eigenvalue weighted by molar-refractivity contribution is 0.101. The molecule has 16 heavy (non-hydrogen) atoms. The lowest BCUT2D eigenvalue weighted by atomic mass is 10.00. The molecule has 1 heterocycles. The number of ether oxygens (including phenoxy) is 1. The zero-order valence-corrected chi connectivity index (χ0v) is 10.1. The van der Waals surface area contributed by atoms with Crippen molar-refractivity contribution in [2.24, 2.45) is 0 Å². The molecule has 0 radical (unpaired) electrons. The number of Topliss-reactive ketones (excluding diaryl/α,β-unsaturated/α-hetero) is 1. The van der Waals surface area contributed by atoms with Crippen LogP contribution >= 0.6 is 15.9 Å². The minimum absolute atomic E-state index is 0.167. The number of carbonyl (C=O) groups is 1. The van der Waals surface area contributed by atoms with Crippen LogP contribution in [0.4, 0.5) is 4.39 Å². The Morgan fingerprint density at radius 3 is 2.81 bits per heavy atom. The maximum Gasteiger partial charge on any atom is 0.192 e. The molecule has 0 fully saturated rings. The van der Waals surface area contributed by atoms with Crippen molar-refractivity contribution < 1.29 is 13.9 Å². The van der Waals surface area contributed by atoms with Crippen molar-refractivity contribution in [2.75, 3.05) is 6.61 Å². The van der Waals surface area contributed by atoms with Gasteiger partial charge in [0.1, 0.15) is 5.82 Å². The van der Waals surface area contributed by atoms with E-state index in [1.165, 1.54) is 18.4 Å². The van der Waals surface area contributed by atoms with Crippen molar-refractivity contribution >= 4 is 21.7 Å². The molecule has 0 spiro atoms. The number of allylic oxidation sites excluding steroid dienone is 1. The Morgan fingerprint density at radius 1 is 1.38 bits per heavy atom. The molecule has 0 aliphatic carbocycles. The van der Waals surface area contributed by atoms with Gasteiger partial charge in [0.25, 0.3) is 0 Å². The van der Waals surface area contributed by atoms with Crippen molar-refractivity contribution in [1.82, 2.24) is 0 Å². The fourth-order valence-electron chi connectivity index (χ4n) is 1.60. The van der Waals surface area contributed by atoms with Gasteiger partial charge in [0.15, 0.2) is 5.78 Å². The van der Waals surface area contributed by atoms with E-state index in [2.05, 4.69) is 15.9 Å². The molecule has 4 heteroatoms. The van der Waals surface area contributed by atoms with Crippen molar-refractivity contribution in [3.8, 4) is 0 Å². The Hall–Kier alpha value is -1.16. The smallest absolute Gasteiger partial charge is 0.192 e. The molecule has 0 saturated heterocycles. The van der Waals surface area contributed by atoms with Gasteiger partial charge >= 0.3 is 0 Å². The van der Waals surface area contributed by atoms with Gasteiger partial charge in [-0.05, 0) is 31.0 Å². The molecular formula is C12H10BrFO2. The molecule has 2 rings (SSSR count). The number of ketones is 1. The fourth-order valence-corrected chi connectivity index (χ4v) is 2.07. The summed E-state index contributed by atoms with van der Waals surface area (Å²) in [5, 5.41) is 0. The van der Waals surface area contributed by atoms with E-state index in [0.717, 1.165) is 6.42 Å². The zero-order chi connectivity index (χ0) is 11.5. The Bertz CT molecular complexity index is 434. The number of carbonyl (C=O) groups excluding carboxylic acids is 1. The summed E-state index contributed by atoms with van der Waals surface area (Å²) in [5.74, 6) is -0.588. The second kappa shape index (κ2) is 4.78. The van der Waals surface area contributed by atoms with Gasteiger partial charge in [0.2, 0.25) is 0 Å². The molecular weight excluding hydrogens is 275 g/mol. The number of hydrogen-bond acceptors (Lipinski definition) is 2. The third-order valence-electron chi connectivity index (χ3n) is 2.35. The molecule has 84 valence electrons. The normalized spacial score (nSPS) is 15.2. The summed E-state index contributed by atoms with van der Waals surface area (Å²) in [6.07, 6.45) is 2.99. The molecule has 0 amide bonds. The number of hydrogen-bond donors (Lipinski definition) is 0. The predicted octanol–water partition coefficient (Wildman–Crippen LogP) is 3.47. The summed E-state index contributed by atoms with van der Waals surface area (Å²) in [5.41, 5.74) is 0.951. The van der Waals surface area contributed by atoms with Crippen LogP contribution < -0.4 is 0 Å². The van der Waals surface area contributed by atoms with Crippen LogP contribution in [0.2, 0.25) is 0 Å². The Kier molecular flexibility index (Phi) is 3.39. The maximum atomic E-state index is 13.1. The standard InChI is InChI=1S/C12H10BrFO2/c13-10-4-9(5-11(14)6-10)12(15)8-2-1-3-16-7-8/h4-7H,1-3H2. The first-order valence-corrected chi connectivity index (χ1v) is 5.77. The average Bonchev–Trinajstić information content (AvgIpc) is 2.28. The Balaban J connectivity index is 2.29. The second-order valence-electron chi connectivity index (χ2n) is 3.60. The lowest BCUT2D eigenvalue weighted by Crippen LogP contribution is -2.09. The highest BCUT2D eigenvalue weighted by molar-refractivity contribution is 9.10. The van der Waals surface area contributed by atoms with Gasteiger partial charge in [-0.15, -0.1) is 0 Å². The first kappa shape index (κ1) is 11.3. The second-order valence-corrected chi connectivity index (χ2v) is 4.52. The zero-order valence-electron chi connectivity index (χ0n) is 8.50. The highest BCUT2D eigenvalue weighted by atomic mass is 79.9. The maximum absolute atomic E-state index is 13.1. The highest BCUT2D eigenvalue weighted by Gasteiger charge is 2.16. The van der Waals surface area contributed by atoms with Gasteiger partial charge in [0.05, 0.1) is 12.9 Å². The van der Waals surface area contributed by atoms with Crippen LogP contribution in [0.1, 0.15) is 23.2 Å². The van der Waals surface area contributed by atoms with Crippen LogP contribution in [0.25, 0.3) is 0 Å².